The van der Waals surface area contributed by atoms with Crippen LogP contribution in [0.3, 0.4) is 0 Å². The molecule has 3 rings (SSSR count). The van der Waals surface area contributed by atoms with Crippen LogP contribution in [0.15, 0.2) is 54.6 Å². The number of rotatable bonds is 1. The summed E-state index contributed by atoms with van der Waals surface area (Å²) in [6, 6.07) is 21.1. The van der Waals surface area contributed by atoms with E-state index in [-0.39, 0.29) is 0 Å². The average Bonchev–Trinajstić information content (AvgIpc) is 2.39. The highest BCUT2D eigenvalue weighted by Gasteiger charge is 2.01. The second-order valence-electron chi connectivity index (χ2n) is 3.56. The highest BCUT2D eigenvalue weighted by atomic mass is 15.1. The van der Waals surface area contributed by atoms with Crippen molar-refractivity contribution in [2.75, 3.05) is 0 Å². The van der Waals surface area contributed by atoms with E-state index < -0.39 is 0 Å². The zero-order valence-corrected chi connectivity index (χ0v) is 8.59. The molecule has 0 spiro atoms. The minimum atomic E-state index is 0.791. The van der Waals surface area contributed by atoms with Gasteiger partial charge in [-0.1, -0.05) is 48.5 Å². The van der Waals surface area contributed by atoms with Gasteiger partial charge in [-0.2, -0.15) is 0 Å². The number of fused-ring (bicyclic) bond motifs is 1. The van der Waals surface area contributed by atoms with E-state index in [1.807, 2.05) is 54.6 Å². The van der Waals surface area contributed by atoms with Crippen LogP contribution in [0.4, 0.5) is 0 Å². The molecule has 1 heterocycles. The van der Waals surface area contributed by atoms with E-state index in [0.717, 1.165) is 22.2 Å². The van der Waals surface area contributed by atoms with Crippen molar-refractivity contribution in [3.8, 4) is 11.3 Å². The van der Waals surface area contributed by atoms with Crippen molar-refractivity contribution in [3.63, 3.8) is 0 Å². The van der Waals surface area contributed by atoms with Crippen LogP contribution in [-0.4, -0.2) is 10.2 Å². The molecular formula is C14H9N2. The molecule has 3 aromatic rings. The molecule has 16 heavy (non-hydrogen) atoms. The lowest BCUT2D eigenvalue weighted by Crippen LogP contribution is -1.88. The van der Waals surface area contributed by atoms with E-state index in [0.29, 0.717) is 0 Å². The van der Waals surface area contributed by atoms with Crippen LogP contribution >= 0.6 is 0 Å². The number of hydrogen-bond acceptors (Lipinski definition) is 2. The van der Waals surface area contributed by atoms with Gasteiger partial charge in [0.15, 0.2) is 0 Å². The number of nitrogens with zero attached hydrogens (tertiary/aromatic N) is 2. The van der Waals surface area contributed by atoms with Crippen LogP contribution in [0.2, 0.25) is 0 Å². The van der Waals surface area contributed by atoms with Gasteiger partial charge in [0.25, 0.3) is 0 Å². The molecule has 0 unspecified atom stereocenters. The summed E-state index contributed by atoms with van der Waals surface area (Å²) < 4.78 is 0. The molecule has 2 aromatic carbocycles. The van der Waals surface area contributed by atoms with Crippen LogP contribution in [0, 0.1) is 6.07 Å². The number of aromatic nitrogens is 2. The molecule has 0 aliphatic rings. The standard InChI is InChI=1S/C14H9N2/c1-2-6-11(7-3-1)14-10-12-8-4-5-9-13(12)15-16-14/h1-9H. The summed E-state index contributed by atoms with van der Waals surface area (Å²) in [6.07, 6.45) is 0. The molecular weight excluding hydrogens is 196 g/mol. The Balaban J connectivity index is 2.19. The van der Waals surface area contributed by atoms with Crippen molar-refractivity contribution in [2.24, 2.45) is 0 Å². The first kappa shape index (κ1) is 9.04. The predicted molar refractivity (Wildman–Crippen MR) is 63.8 cm³/mol. The van der Waals surface area contributed by atoms with Gasteiger partial charge in [-0.3, -0.25) is 0 Å². The molecule has 0 amide bonds. The summed E-state index contributed by atoms with van der Waals surface area (Å²) in [5.74, 6) is 0. The first-order chi connectivity index (χ1) is 7.93. The third-order valence-corrected chi connectivity index (χ3v) is 2.46. The smallest absolute Gasteiger partial charge is 0.101 e. The van der Waals surface area contributed by atoms with E-state index in [1.165, 1.54) is 0 Å². The summed E-state index contributed by atoms with van der Waals surface area (Å²) in [6.45, 7) is 0. The zero-order chi connectivity index (χ0) is 10.8. The first-order valence-corrected chi connectivity index (χ1v) is 5.14. The second-order valence-corrected chi connectivity index (χ2v) is 3.56. The van der Waals surface area contributed by atoms with Gasteiger partial charge in [0.2, 0.25) is 0 Å². The fourth-order valence-corrected chi connectivity index (χ4v) is 1.65. The van der Waals surface area contributed by atoms with Gasteiger partial charge in [0.05, 0.1) is 5.52 Å². The Labute approximate surface area is 93.6 Å². The fraction of sp³-hybridized carbons (Fsp3) is 0. The fourth-order valence-electron chi connectivity index (χ4n) is 1.65. The molecule has 1 aromatic heterocycles. The van der Waals surface area contributed by atoms with Crippen LogP contribution in [0.1, 0.15) is 0 Å². The Morgan fingerprint density at radius 2 is 1.50 bits per heavy atom. The lowest BCUT2D eigenvalue weighted by atomic mass is 10.1. The van der Waals surface area contributed by atoms with E-state index in [9.17, 15) is 0 Å². The van der Waals surface area contributed by atoms with Crippen LogP contribution in [0.25, 0.3) is 22.2 Å². The molecule has 2 nitrogen and oxygen atoms in total. The minimum absolute atomic E-state index is 0.791. The van der Waals surface area contributed by atoms with Crippen LogP contribution in [-0.2, 0) is 0 Å². The number of benzene rings is 2. The summed E-state index contributed by atoms with van der Waals surface area (Å²) in [5, 5.41) is 9.34. The summed E-state index contributed by atoms with van der Waals surface area (Å²) in [5.41, 5.74) is 2.71. The van der Waals surface area contributed by atoms with Gasteiger partial charge in [0.1, 0.15) is 5.69 Å². The summed E-state index contributed by atoms with van der Waals surface area (Å²) in [4.78, 5) is 0. The lowest BCUT2D eigenvalue weighted by molar-refractivity contribution is 1.08. The largest absolute Gasteiger partial charge is 0.150 e. The third kappa shape index (κ3) is 1.54. The van der Waals surface area contributed by atoms with Crippen molar-refractivity contribution in [1.29, 1.82) is 0 Å². The van der Waals surface area contributed by atoms with Gasteiger partial charge in [0, 0.05) is 17.0 Å². The van der Waals surface area contributed by atoms with Gasteiger partial charge in [-0.15, -0.1) is 10.2 Å². The summed E-state index contributed by atoms with van der Waals surface area (Å²) in [7, 11) is 0. The highest BCUT2D eigenvalue weighted by Crippen LogP contribution is 2.18. The van der Waals surface area contributed by atoms with Gasteiger partial charge in [-0.05, 0) is 6.07 Å². The maximum Gasteiger partial charge on any atom is 0.101 e. The molecule has 2 heteroatoms. The van der Waals surface area contributed by atoms with Crippen molar-refractivity contribution < 1.29 is 0 Å². The molecule has 75 valence electrons. The van der Waals surface area contributed by atoms with E-state index in [4.69, 9.17) is 0 Å². The molecule has 0 N–H and O–H groups in total. The Bertz CT molecular complexity index is 618. The topological polar surface area (TPSA) is 25.8 Å². The normalized spacial score (nSPS) is 10.5. The van der Waals surface area contributed by atoms with Crippen molar-refractivity contribution in [3.05, 3.63) is 60.7 Å². The molecule has 0 bridgehead atoms. The molecule has 0 saturated heterocycles. The Morgan fingerprint density at radius 1 is 0.750 bits per heavy atom. The monoisotopic (exact) mass is 205 g/mol. The van der Waals surface area contributed by atoms with Crippen molar-refractivity contribution in [1.82, 2.24) is 10.2 Å². The predicted octanol–water partition coefficient (Wildman–Crippen LogP) is 3.10. The van der Waals surface area contributed by atoms with E-state index in [1.54, 1.807) is 0 Å². The van der Waals surface area contributed by atoms with Gasteiger partial charge >= 0.3 is 0 Å². The average molecular weight is 205 g/mol. The highest BCUT2D eigenvalue weighted by molar-refractivity contribution is 5.80. The maximum atomic E-state index is 4.18. The first-order valence-electron chi connectivity index (χ1n) is 5.14. The van der Waals surface area contributed by atoms with Crippen LogP contribution < -0.4 is 0 Å². The van der Waals surface area contributed by atoms with Crippen molar-refractivity contribution in [2.45, 2.75) is 0 Å². The quantitative estimate of drug-likeness (QED) is 0.610. The second kappa shape index (κ2) is 3.74. The zero-order valence-electron chi connectivity index (χ0n) is 8.59. The Hall–Kier alpha value is -2.22. The molecule has 0 aliphatic heterocycles. The third-order valence-electron chi connectivity index (χ3n) is 2.46. The Morgan fingerprint density at radius 3 is 2.38 bits per heavy atom. The Kier molecular flexibility index (Phi) is 2.11. The van der Waals surface area contributed by atoms with E-state index in [2.05, 4.69) is 16.3 Å². The molecule has 0 atom stereocenters. The molecule has 1 radical (unpaired) electrons. The molecule has 0 fully saturated rings. The van der Waals surface area contributed by atoms with Crippen LogP contribution in [0.5, 0.6) is 0 Å². The minimum Gasteiger partial charge on any atom is -0.150 e. The molecule has 0 saturated carbocycles. The van der Waals surface area contributed by atoms with Gasteiger partial charge in [-0.25, -0.2) is 0 Å². The number of hydrogen-bond donors (Lipinski definition) is 0. The lowest BCUT2D eigenvalue weighted by Gasteiger charge is -2.00. The van der Waals surface area contributed by atoms with Gasteiger partial charge < -0.3 is 0 Å². The SMILES string of the molecule is [c]1c(-c2ccccc2)nnc2ccccc12. The maximum absolute atomic E-state index is 4.18. The molecule has 0 aliphatic carbocycles. The van der Waals surface area contributed by atoms with Crippen molar-refractivity contribution >= 4 is 10.9 Å². The van der Waals surface area contributed by atoms with E-state index >= 15 is 0 Å². The summed E-state index contributed by atoms with van der Waals surface area (Å²) >= 11 is 0.